The van der Waals surface area contributed by atoms with E-state index in [1.165, 1.54) is 12.4 Å². The third kappa shape index (κ3) is 5.07. The molecule has 1 fully saturated rings. The number of nitrogens with two attached hydrogens (primary N) is 1. The molecule has 41 heavy (non-hydrogen) atoms. The van der Waals surface area contributed by atoms with Gasteiger partial charge >= 0.3 is 5.97 Å². The number of aryl methyl sites for hydroxylation is 1. The van der Waals surface area contributed by atoms with Crippen LogP contribution in [0.1, 0.15) is 45.2 Å². The van der Waals surface area contributed by atoms with Crippen molar-refractivity contribution in [3.8, 4) is 22.8 Å². The van der Waals surface area contributed by atoms with Crippen molar-refractivity contribution in [2.75, 3.05) is 18.8 Å². The maximum atomic E-state index is 13.4. The van der Waals surface area contributed by atoms with Crippen molar-refractivity contribution in [2.45, 2.75) is 25.8 Å². The summed E-state index contributed by atoms with van der Waals surface area (Å²) < 4.78 is 7.79. The second kappa shape index (κ2) is 10.7. The van der Waals surface area contributed by atoms with Crippen molar-refractivity contribution >= 4 is 28.7 Å². The van der Waals surface area contributed by atoms with Crippen LogP contribution in [0.4, 0.5) is 5.82 Å². The number of anilines is 1. The molecule has 3 aromatic carbocycles. The molecule has 3 heterocycles. The van der Waals surface area contributed by atoms with E-state index < -0.39 is 5.97 Å². The predicted octanol–water partition coefficient (Wildman–Crippen LogP) is 5.35. The predicted molar refractivity (Wildman–Crippen MR) is 154 cm³/mol. The zero-order chi connectivity index (χ0) is 28.5. The number of carbonyl (C=O) groups is 2. The van der Waals surface area contributed by atoms with Crippen LogP contribution >= 0.6 is 0 Å². The van der Waals surface area contributed by atoms with Gasteiger partial charge in [0.2, 0.25) is 0 Å². The van der Waals surface area contributed by atoms with Crippen LogP contribution in [0.25, 0.3) is 22.3 Å². The first-order chi connectivity index (χ1) is 19.9. The number of rotatable bonds is 6. The Bertz CT molecular complexity index is 1750. The average Bonchev–Trinajstić information content (AvgIpc) is 3.38. The Labute approximate surface area is 236 Å². The van der Waals surface area contributed by atoms with Gasteiger partial charge in [0.05, 0.1) is 17.0 Å². The number of aromatic carboxylic acids is 1. The number of carbonyl (C=O) groups excluding carboxylic acids is 1. The highest BCUT2D eigenvalue weighted by molar-refractivity contribution is 5.99. The molecular weight excluding hydrogens is 520 g/mol. The van der Waals surface area contributed by atoms with E-state index in [0.717, 1.165) is 24.2 Å². The van der Waals surface area contributed by atoms with E-state index in [0.29, 0.717) is 52.5 Å². The van der Waals surface area contributed by atoms with E-state index in [4.69, 9.17) is 15.6 Å². The molecule has 1 atom stereocenters. The Morgan fingerprint density at radius 3 is 2.49 bits per heavy atom. The van der Waals surface area contributed by atoms with E-state index in [1.54, 1.807) is 24.0 Å². The fourth-order valence-corrected chi connectivity index (χ4v) is 5.32. The number of amides is 1. The Hall–Kier alpha value is -5.25. The molecule has 10 heteroatoms. The van der Waals surface area contributed by atoms with Crippen molar-refractivity contribution in [1.82, 2.24) is 24.6 Å². The third-order valence-electron chi connectivity index (χ3n) is 7.36. The Balaban J connectivity index is 1.29. The quantitative estimate of drug-likeness (QED) is 0.290. The summed E-state index contributed by atoms with van der Waals surface area (Å²) in [7, 11) is 0. The first kappa shape index (κ1) is 26.0. The zero-order valence-electron chi connectivity index (χ0n) is 22.4. The normalized spacial score (nSPS) is 15.1. The maximum Gasteiger partial charge on any atom is 0.335 e. The summed E-state index contributed by atoms with van der Waals surface area (Å²) in [6.07, 6.45) is 3.02. The number of aromatic nitrogens is 4. The summed E-state index contributed by atoms with van der Waals surface area (Å²) in [5.74, 6) is 0.617. The molecule has 0 aliphatic carbocycles. The highest BCUT2D eigenvalue weighted by atomic mass is 16.5. The zero-order valence-corrected chi connectivity index (χ0v) is 22.4. The van der Waals surface area contributed by atoms with Gasteiger partial charge < -0.3 is 20.5 Å². The van der Waals surface area contributed by atoms with Crippen molar-refractivity contribution in [3.63, 3.8) is 0 Å². The van der Waals surface area contributed by atoms with Crippen molar-refractivity contribution in [2.24, 2.45) is 0 Å². The monoisotopic (exact) mass is 548 g/mol. The van der Waals surface area contributed by atoms with Crippen molar-refractivity contribution in [1.29, 1.82) is 0 Å². The summed E-state index contributed by atoms with van der Waals surface area (Å²) in [4.78, 5) is 35.3. The molecule has 0 unspecified atom stereocenters. The van der Waals surface area contributed by atoms with Gasteiger partial charge in [0.25, 0.3) is 5.91 Å². The number of nitrogen functional groups attached to an aromatic ring is 1. The number of hydrogen-bond acceptors (Lipinski definition) is 7. The summed E-state index contributed by atoms with van der Waals surface area (Å²) >= 11 is 0. The average molecular weight is 549 g/mol. The van der Waals surface area contributed by atoms with Gasteiger partial charge in [-0.3, -0.25) is 4.79 Å². The van der Waals surface area contributed by atoms with Crippen LogP contribution in [-0.2, 0) is 0 Å². The number of carboxylic acids is 1. The number of nitrogens with zero attached hydrogens (tertiary/aromatic N) is 5. The molecule has 1 amide bonds. The Morgan fingerprint density at radius 2 is 1.76 bits per heavy atom. The lowest BCUT2D eigenvalue weighted by Gasteiger charge is -2.33. The van der Waals surface area contributed by atoms with Crippen LogP contribution in [0.5, 0.6) is 11.5 Å². The molecule has 0 spiro atoms. The largest absolute Gasteiger partial charge is 0.478 e. The van der Waals surface area contributed by atoms with Crippen LogP contribution in [0.3, 0.4) is 0 Å². The van der Waals surface area contributed by atoms with Crippen LogP contribution < -0.4 is 10.5 Å². The number of para-hydroxylation sites is 1. The van der Waals surface area contributed by atoms with E-state index in [-0.39, 0.29) is 17.5 Å². The molecule has 5 aromatic rings. The summed E-state index contributed by atoms with van der Waals surface area (Å²) in [6, 6.07) is 21.7. The van der Waals surface area contributed by atoms with Gasteiger partial charge in [-0.15, -0.1) is 0 Å². The van der Waals surface area contributed by atoms with Crippen molar-refractivity contribution < 1.29 is 19.4 Å². The molecule has 0 bridgehead atoms. The molecule has 10 nitrogen and oxygen atoms in total. The lowest BCUT2D eigenvalue weighted by Crippen LogP contribution is -2.41. The molecule has 1 aliphatic rings. The number of piperidine rings is 1. The molecule has 206 valence electrons. The first-order valence-corrected chi connectivity index (χ1v) is 13.3. The molecule has 1 aliphatic heterocycles. The fraction of sp³-hybridized carbons (Fsp3) is 0.194. The molecule has 3 N–H and O–H groups in total. The maximum absolute atomic E-state index is 13.4. The highest BCUT2D eigenvalue weighted by Gasteiger charge is 2.29. The molecular formula is C31H28N6O4. The minimum absolute atomic E-state index is 0.127. The number of likely N-dealkylation sites (tertiary alicyclic amines) is 1. The van der Waals surface area contributed by atoms with Gasteiger partial charge in [0.15, 0.2) is 5.65 Å². The Morgan fingerprint density at radius 1 is 1.00 bits per heavy atom. The number of fused-ring (bicyclic) bond motifs is 1. The second-order valence-electron chi connectivity index (χ2n) is 10.1. The van der Waals surface area contributed by atoms with Crippen molar-refractivity contribution in [3.05, 3.63) is 95.8 Å². The van der Waals surface area contributed by atoms with E-state index >= 15 is 0 Å². The summed E-state index contributed by atoms with van der Waals surface area (Å²) in [6.45, 7) is 2.73. The first-order valence-electron chi connectivity index (χ1n) is 13.3. The molecule has 0 radical (unpaired) electrons. The lowest BCUT2D eigenvalue weighted by molar-refractivity contribution is 0.0668. The van der Waals surface area contributed by atoms with Gasteiger partial charge in [-0.1, -0.05) is 18.2 Å². The van der Waals surface area contributed by atoms with Gasteiger partial charge in [-0.25, -0.2) is 19.4 Å². The SMILES string of the molecule is Cc1cc(C(=O)N2CCC[C@@H](n3nc(-c4ccc(Oc5ccccc5)cc4)c4c(N)ncnc43)C2)ccc1C(=O)O. The van der Waals surface area contributed by atoms with E-state index in [1.807, 2.05) is 59.3 Å². The third-order valence-corrected chi connectivity index (χ3v) is 7.36. The van der Waals surface area contributed by atoms with Crippen LogP contribution in [0.2, 0.25) is 0 Å². The van der Waals surface area contributed by atoms with Crippen LogP contribution in [-0.4, -0.2) is 54.7 Å². The molecule has 1 saturated heterocycles. The van der Waals surface area contributed by atoms with E-state index in [2.05, 4.69) is 9.97 Å². The van der Waals surface area contributed by atoms with E-state index in [9.17, 15) is 14.7 Å². The molecule has 6 rings (SSSR count). The summed E-state index contributed by atoms with van der Waals surface area (Å²) in [5, 5.41) is 15.0. The number of carboxylic acid groups (broad SMARTS) is 1. The minimum atomic E-state index is -1.01. The van der Waals surface area contributed by atoms with Gasteiger partial charge in [0, 0.05) is 24.2 Å². The molecule has 0 saturated carbocycles. The standard InChI is InChI=1S/C31H28N6O4/c1-19-16-21(11-14-25(19)31(39)40)30(38)36-15-5-6-22(17-36)37-29-26(28(32)33-18-34-29)27(35-37)20-9-12-24(13-10-20)41-23-7-3-2-4-8-23/h2-4,7-14,16,18,22H,5-6,15,17H2,1H3,(H,39,40)(H2,32,33,34)/t22-/m1/s1. The second-order valence-corrected chi connectivity index (χ2v) is 10.1. The van der Waals surface area contributed by atoms with Gasteiger partial charge in [-0.2, -0.15) is 5.10 Å². The summed E-state index contributed by atoms with van der Waals surface area (Å²) in [5.41, 5.74) is 9.64. The lowest BCUT2D eigenvalue weighted by atomic mass is 10.0. The topological polar surface area (TPSA) is 136 Å². The Kier molecular flexibility index (Phi) is 6.80. The van der Waals surface area contributed by atoms with Gasteiger partial charge in [0.1, 0.15) is 29.3 Å². The fourth-order valence-electron chi connectivity index (χ4n) is 5.32. The highest BCUT2D eigenvalue weighted by Crippen LogP contribution is 2.35. The molecule has 2 aromatic heterocycles. The number of ether oxygens (including phenoxy) is 1. The smallest absolute Gasteiger partial charge is 0.335 e. The van der Waals surface area contributed by atoms with Crippen LogP contribution in [0.15, 0.2) is 79.1 Å². The number of hydrogen-bond donors (Lipinski definition) is 2. The number of benzene rings is 3. The minimum Gasteiger partial charge on any atom is -0.478 e. The van der Waals surface area contributed by atoms with Gasteiger partial charge in [-0.05, 0) is 79.9 Å². The van der Waals surface area contributed by atoms with Crippen LogP contribution in [0, 0.1) is 6.92 Å².